The Hall–Kier alpha value is -3.90. The van der Waals surface area contributed by atoms with Crippen molar-refractivity contribution in [3.05, 3.63) is 70.8 Å². The molecule has 2 aromatic heterocycles. The number of halogens is 3. The molecule has 3 aliphatic rings. The quantitative estimate of drug-likeness (QED) is 0.206. The maximum absolute atomic E-state index is 13.1. The number of aromatic carboxylic acids is 1. The third kappa shape index (κ3) is 5.73. The monoisotopic (exact) mass is 611 g/mol. The van der Waals surface area contributed by atoms with Gasteiger partial charge in [0.25, 0.3) is 0 Å². The number of fused-ring (bicyclic) bond motifs is 2. The molecule has 12 heteroatoms. The summed E-state index contributed by atoms with van der Waals surface area (Å²) in [6, 6.07) is 13.2. The van der Waals surface area contributed by atoms with E-state index < -0.39 is 12.3 Å². The van der Waals surface area contributed by atoms with Crippen LogP contribution in [0.1, 0.15) is 66.1 Å². The molecular formula is C31H28F3N3O5S. The summed E-state index contributed by atoms with van der Waals surface area (Å²) in [6.45, 7) is 0.197. The van der Waals surface area contributed by atoms with Gasteiger partial charge in [0.2, 0.25) is 0 Å². The lowest BCUT2D eigenvalue weighted by Gasteiger charge is -2.38. The maximum Gasteiger partial charge on any atom is 0.573 e. The van der Waals surface area contributed by atoms with Crippen LogP contribution in [-0.2, 0) is 11.3 Å². The Kier molecular flexibility index (Phi) is 7.13. The van der Waals surface area contributed by atoms with E-state index in [0.29, 0.717) is 17.0 Å². The van der Waals surface area contributed by atoms with Crippen molar-refractivity contribution in [3.8, 4) is 28.3 Å². The Bertz CT molecular complexity index is 1620. The first-order valence-corrected chi connectivity index (χ1v) is 15.1. The summed E-state index contributed by atoms with van der Waals surface area (Å²) < 4.78 is 55.8. The zero-order valence-electron chi connectivity index (χ0n) is 22.9. The van der Waals surface area contributed by atoms with Crippen LogP contribution in [0, 0.1) is 0 Å². The van der Waals surface area contributed by atoms with Gasteiger partial charge in [0.05, 0.1) is 24.0 Å². The predicted octanol–water partition coefficient (Wildman–Crippen LogP) is 7.66. The van der Waals surface area contributed by atoms with Crippen molar-refractivity contribution in [2.24, 2.45) is 0 Å². The highest BCUT2D eigenvalue weighted by Crippen LogP contribution is 2.47. The summed E-state index contributed by atoms with van der Waals surface area (Å²) in [5.74, 6) is -0.396. The third-order valence-corrected chi connectivity index (χ3v) is 9.28. The van der Waals surface area contributed by atoms with Gasteiger partial charge < -0.3 is 24.0 Å². The van der Waals surface area contributed by atoms with Crippen LogP contribution in [0.3, 0.4) is 0 Å². The van der Waals surface area contributed by atoms with Gasteiger partial charge in [-0.25, -0.2) is 9.78 Å². The second-order valence-corrected chi connectivity index (χ2v) is 12.1. The van der Waals surface area contributed by atoms with E-state index in [2.05, 4.69) is 14.8 Å². The second kappa shape index (κ2) is 11.0. The number of carbonyl (C=O) groups is 1. The van der Waals surface area contributed by atoms with E-state index in [4.69, 9.17) is 14.2 Å². The normalized spacial score (nSPS) is 21.7. The Morgan fingerprint density at radius 1 is 1.05 bits per heavy atom. The fraction of sp³-hybridized carbons (Fsp3) is 0.387. The molecule has 0 spiro atoms. The molecule has 3 atom stereocenters. The first-order valence-electron chi connectivity index (χ1n) is 14.3. The van der Waals surface area contributed by atoms with Gasteiger partial charge in [0.1, 0.15) is 17.2 Å². The number of rotatable bonds is 9. The number of benzene rings is 2. The molecule has 4 aromatic rings. The van der Waals surface area contributed by atoms with E-state index in [1.165, 1.54) is 12.1 Å². The number of ether oxygens (including phenoxy) is 2. The predicted molar refractivity (Wildman–Crippen MR) is 152 cm³/mol. The van der Waals surface area contributed by atoms with E-state index in [-0.39, 0.29) is 47.6 Å². The van der Waals surface area contributed by atoms with E-state index in [0.717, 1.165) is 54.9 Å². The Balaban J connectivity index is 1.06. The minimum atomic E-state index is -4.83. The van der Waals surface area contributed by atoms with E-state index in [1.54, 1.807) is 47.7 Å². The number of carboxylic acids is 1. The number of alkyl halides is 3. The number of thiazole rings is 1. The molecule has 1 aliphatic carbocycles. The highest BCUT2D eigenvalue weighted by molar-refractivity contribution is 7.14. The molecule has 1 saturated carbocycles. The lowest BCUT2D eigenvalue weighted by molar-refractivity contribution is -0.274. The van der Waals surface area contributed by atoms with Crippen molar-refractivity contribution >= 4 is 22.4 Å². The fourth-order valence-electron chi connectivity index (χ4n) is 6.29. The number of para-hydroxylation sites is 1. The molecule has 1 N–H and O–H groups in total. The minimum Gasteiger partial charge on any atom is -0.478 e. The molecule has 0 amide bonds. The van der Waals surface area contributed by atoms with Crippen LogP contribution in [0.25, 0.3) is 22.5 Å². The molecule has 2 saturated heterocycles. The summed E-state index contributed by atoms with van der Waals surface area (Å²) in [6.07, 6.45) is 0.730. The maximum atomic E-state index is 13.1. The first kappa shape index (κ1) is 27.9. The van der Waals surface area contributed by atoms with Crippen molar-refractivity contribution in [2.75, 3.05) is 4.90 Å². The molecule has 0 radical (unpaired) electrons. The number of hydrogen-bond donors (Lipinski definition) is 1. The average molecular weight is 612 g/mol. The van der Waals surface area contributed by atoms with Gasteiger partial charge in [-0.3, -0.25) is 0 Å². The molecule has 3 fully saturated rings. The van der Waals surface area contributed by atoms with E-state index in [1.807, 2.05) is 5.38 Å². The Labute approximate surface area is 249 Å². The topological polar surface area (TPSA) is 97.9 Å². The second-order valence-electron chi connectivity index (χ2n) is 11.3. The third-order valence-electron chi connectivity index (χ3n) is 8.43. The Morgan fingerprint density at radius 2 is 1.77 bits per heavy atom. The zero-order valence-corrected chi connectivity index (χ0v) is 23.7. The molecule has 8 nitrogen and oxygen atoms in total. The van der Waals surface area contributed by atoms with Crippen LogP contribution in [0.15, 0.2) is 58.4 Å². The van der Waals surface area contributed by atoms with Gasteiger partial charge in [-0.15, -0.1) is 24.5 Å². The standard InChI is InChI=1S/C31H28F3N3O5S/c32-31(33,34)41-26-4-2-1-3-23(26)27-24(28(42-36-27)18-7-8-18)15-40-22-13-20-11-12-21(14-22)37(20)30-35-25(16-43-30)17-5-9-19(10-6-17)29(38)39/h1-6,9-10,16,18,20-22H,7-8,11-15H2,(H,38,39)/t20-,21+,22?. The summed E-state index contributed by atoms with van der Waals surface area (Å²) in [4.78, 5) is 18.5. The highest BCUT2D eigenvalue weighted by Gasteiger charge is 2.43. The lowest BCUT2D eigenvalue weighted by atomic mass is 10.00. The van der Waals surface area contributed by atoms with E-state index in [9.17, 15) is 23.1 Å². The molecule has 7 rings (SSSR count). The van der Waals surface area contributed by atoms with Crippen LogP contribution in [0.5, 0.6) is 5.75 Å². The van der Waals surface area contributed by atoms with Crippen molar-refractivity contribution in [1.82, 2.24) is 10.1 Å². The number of piperidine rings is 1. The lowest BCUT2D eigenvalue weighted by Crippen LogP contribution is -2.45. The first-order chi connectivity index (χ1) is 20.7. The van der Waals surface area contributed by atoms with Gasteiger partial charge in [-0.2, -0.15) is 0 Å². The van der Waals surface area contributed by atoms with Gasteiger partial charge >= 0.3 is 12.3 Å². The smallest absolute Gasteiger partial charge is 0.478 e. The fourth-order valence-corrected chi connectivity index (χ4v) is 7.27. The molecule has 2 aliphatic heterocycles. The van der Waals surface area contributed by atoms with Crippen molar-refractivity contribution in [2.45, 2.75) is 75.6 Å². The number of hydrogen-bond acceptors (Lipinski definition) is 8. The van der Waals surface area contributed by atoms with Crippen molar-refractivity contribution < 1.29 is 37.1 Å². The molecule has 224 valence electrons. The number of nitrogens with zero attached hydrogens (tertiary/aromatic N) is 3. The molecule has 2 bridgehead atoms. The largest absolute Gasteiger partial charge is 0.573 e. The molecule has 2 aromatic carbocycles. The molecule has 4 heterocycles. The summed E-state index contributed by atoms with van der Waals surface area (Å²) in [5.41, 5.74) is 3.16. The number of aromatic nitrogens is 2. The Morgan fingerprint density at radius 3 is 2.44 bits per heavy atom. The molecule has 43 heavy (non-hydrogen) atoms. The number of anilines is 1. The molecule has 1 unspecified atom stereocenters. The van der Waals surface area contributed by atoms with Crippen LogP contribution in [-0.4, -0.2) is 45.8 Å². The highest BCUT2D eigenvalue weighted by atomic mass is 32.1. The van der Waals surface area contributed by atoms with Gasteiger partial charge in [-0.1, -0.05) is 29.4 Å². The van der Waals surface area contributed by atoms with Crippen LogP contribution in [0.4, 0.5) is 18.3 Å². The van der Waals surface area contributed by atoms with Crippen LogP contribution in [0.2, 0.25) is 0 Å². The minimum absolute atomic E-state index is 0.0202. The molecular weight excluding hydrogens is 583 g/mol. The van der Waals surface area contributed by atoms with Gasteiger partial charge in [0.15, 0.2) is 5.13 Å². The summed E-state index contributed by atoms with van der Waals surface area (Å²) in [7, 11) is 0. The van der Waals surface area contributed by atoms with Crippen LogP contribution >= 0.6 is 11.3 Å². The summed E-state index contributed by atoms with van der Waals surface area (Å²) in [5, 5.41) is 16.3. The van der Waals surface area contributed by atoms with Gasteiger partial charge in [-0.05, 0) is 62.8 Å². The zero-order chi connectivity index (χ0) is 29.7. The van der Waals surface area contributed by atoms with Crippen LogP contribution < -0.4 is 9.64 Å². The SMILES string of the molecule is O=C(O)c1ccc(-c2csc(N3[C@@H]4CC[C@H]3CC(OCc3c(-c5ccccc5OC(F)(F)F)noc3C3CC3)C4)n2)cc1. The average Bonchev–Trinajstić information content (AvgIpc) is 3.44. The number of carboxylic acid groups (broad SMARTS) is 1. The summed E-state index contributed by atoms with van der Waals surface area (Å²) >= 11 is 1.58. The van der Waals surface area contributed by atoms with Crippen molar-refractivity contribution in [3.63, 3.8) is 0 Å². The van der Waals surface area contributed by atoms with Crippen molar-refractivity contribution in [1.29, 1.82) is 0 Å². The van der Waals surface area contributed by atoms with E-state index >= 15 is 0 Å². The van der Waals surface area contributed by atoms with Gasteiger partial charge in [0, 0.05) is 40.1 Å².